The van der Waals surface area contributed by atoms with Crippen LogP contribution in [0.5, 0.6) is 5.75 Å². The average molecular weight is 275 g/mol. The molecular formula is C15H15ClN2O. The van der Waals surface area contributed by atoms with Crippen LogP contribution in [0.2, 0.25) is 5.15 Å². The van der Waals surface area contributed by atoms with Gasteiger partial charge in [-0.3, -0.25) is 0 Å². The fraction of sp³-hybridized carbons (Fsp3) is 0.333. The number of fused-ring (bicyclic) bond motifs is 1. The van der Waals surface area contributed by atoms with Gasteiger partial charge in [0.2, 0.25) is 0 Å². The second kappa shape index (κ2) is 4.82. The van der Waals surface area contributed by atoms with Crippen molar-refractivity contribution in [3.63, 3.8) is 0 Å². The summed E-state index contributed by atoms with van der Waals surface area (Å²) >= 11 is 6.12. The van der Waals surface area contributed by atoms with Crippen molar-refractivity contribution >= 4 is 11.6 Å². The zero-order chi connectivity index (χ0) is 13.4. The van der Waals surface area contributed by atoms with Crippen molar-refractivity contribution in [2.75, 3.05) is 7.11 Å². The van der Waals surface area contributed by atoms with Gasteiger partial charge in [-0.25, -0.2) is 0 Å². The van der Waals surface area contributed by atoms with Crippen LogP contribution in [0.1, 0.15) is 23.1 Å². The van der Waals surface area contributed by atoms with Crippen LogP contribution >= 0.6 is 11.6 Å². The van der Waals surface area contributed by atoms with Crippen LogP contribution in [0.25, 0.3) is 11.3 Å². The van der Waals surface area contributed by atoms with Crippen molar-refractivity contribution in [3.8, 4) is 17.0 Å². The maximum absolute atomic E-state index is 6.12. The quantitative estimate of drug-likeness (QED) is 0.839. The number of aromatic nitrogens is 2. The Balaban J connectivity index is 2.21. The normalized spacial score (nSPS) is 13.4. The maximum Gasteiger partial charge on any atom is 0.155 e. The Morgan fingerprint density at radius 3 is 2.74 bits per heavy atom. The molecule has 0 fully saturated rings. The number of hydrogen-bond donors (Lipinski definition) is 0. The molecule has 0 amide bonds. The average Bonchev–Trinajstić information content (AvgIpc) is 2.90. The number of hydrogen-bond acceptors (Lipinski definition) is 3. The molecule has 0 aliphatic heterocycles. The van der Waals surface area contributed by atoms with Gasteiger partial charge in [0.15, 0.2) is 5.15 Å². The first kappa shape index (κ1) is 12.4. The first-order valence-electron chi connectivity index (χ1n) is 6.39. The highest BCUT2D eigenvalue weighted by Crippen LogP contribution is 2.37. The van der Waals surface area contributed by atoms with E-state index in [1.165, 1.54) is 11.1 Å². The van der Waals surface area contributed by atoms with Crippen molar-refractivity contribution in [1.29, 1.82) is 0 Å². The highest BCUT2D eigenvalue weighted by atomic mass is 35.5. The lowest BCUT2D eigenvalue weighted by molar-refractivity contribution is 0.416. The van der Waals surface area contributed by atoms with Crippen molar-refractivity contribution < 1.29 is 4.74 Å². The number of nitrogens with zero attached hydrogens (tertiary/aromatic N) is 2. The lowest BCUT2D eigenvalue weighted by Gasteiger charge is -2.12. The van der Waals surface area contributed by atoms with E-state index < -0.39 is 0 Å². The largest absolute Gasteiger partial charge is 0.496 e. The summed E-state index contributed by atoms with van der Waals surface area (Å²) in [6, 6.07) is 6.13. The maximum atomic E-state index is 6.12. The van der Waals surface area contributed by atoms with Gasteiger partial charge in [0.25, 0.3) is 0 Å². The lowest BCUT2D eigenvalue weighted by atomic mass is 10.0. The van der Waals surface area contributed by atoms with E-state index in [0.29, 0.717) is 5.15 Å². The SMILES string of the molecule is COc1cc(C)ccc1-c1nnc(Cl)c2c1CCC2. The van der Waals surface area contributed by atoms with Crippen molar-refractivity contribution in [2.45, 2.75) is 26.2 Å². The van der Waals surface area contributed by atoms with Gasteiger partial charge in [0.05, 0.1) is 7.11 Å². The molecule has 0 atom stereocenters. The summed E-state index contributed by atoms with van der Waals surface area (Å²) in [5.74, 6) is 0.839. The Labute approximate surface area is 117 Å². The molecule has 1 aliphatic carbocycles. The molecule has 3 nitrogen and oxygen atoms in total. The van der Waals surface area contributed by atoms with Gasteiger partial charge in [-0.15, -0.1) is 10.2 Å². The summed E-state index contributed by atoms with van der Waals surface area (Å²) in [7, 11) is 1.68. The molecule has 0 radical (unpaired) electrons. The smallest absolute Gasteiger partial charge is 0.155 e. The highest BCUT2D eigenvalue weighted by molar-refractivity contribution is 6.30. The minimum Gasteiger partial charge on any atom is -0.496 e. The molecule has 1 heterocycles. The number of methoxy groups -OCH3 is 1. The Kier molecular flexibility index (Phi) is 3.15. The zero-order valence-electron chi connectivity index (χ0n) is 11.0. The molecule has 0 N–H and O–H groups in total. The van der Waals surface area contributed by atoms with Crippen molar-refractivity contribution in [1.82, 2.24) is 10.2 Å². The Bertz CT molecular complexity index is 640. The Morgan fingerprint density at radius 1 is 1.16 bits per heavy atom. The predicted molar refractivity (Wildman–Crippen MR) is 75.8 cm³/mol. The fourth-order valence-corrected chi connectivity index (χ4v) is 2.90. The van der Waals surface area contributed by atoms with Gasteiger partial charge >= 0.3 is 0 Å². The van der Waals surface area contributed by atoms with E-state index >= 15 is 0 Å². The molecule has 0 saturated heterocycles. The van der Waals surface area contributed by atoms with Crippen LogP contribution < -0.4 is 4.74 Å². The molecule has 2 aromatic rings. The van der Waals surface area contributed by atoms with Crippen LogP contribution in [-0.2, 0) is 12.8 Å². The van der Waals surface area contributed by atoms with Crippen LogP contribution in [0.4, 0.5) is 0 Å². The van der Waals surface area contributed by atoms with E-state index in [1.54, 1.807) is 7.11 Å². The fourth-order valence-electron chi connectivity index (χ4n) is 2.66. The molecule has 4 heteroatoms. The van der Waals surface area contributed by atoms with Crippen LogP contribution in [0.3, 0.4) is 0 Å². The minimum atomic E-state index is 0.544. The summed E-state index contributed by atoms with van der Waals surface area (Å²) in [5.41, 5.74) is 5.44. The van der Waals surface area contributed by atoms with E-state index in [0.717, 1.165) is 41.8 Å². The van der Waals surface area contributed by atoms with Crippen molar-refractivity contribution in [2.24, 2.45) is 0 Å². The Hall–Kier alpha value is -1.61. The summed E-state index contributed by atoms with van der Waals surface area (Å²) in [6.45, 7) is 2.05. The number of ether oxygens (including phenoxy) is 1. The molecular weight excluding hydrogens is 260 g/mol. The second-order valence-corrected chi connectivity index (χ2v) is 5.21. The standard InChI is InChI=1S/C15H15ClN2O/c1-9-6-7-12(13(8-9)19-2)14-10-4-3-5-11(10)15(16)18-17-14/h6-8H,3-5H2,1-2H3. The third-order valence-electron chi connectivity index (χ3n) is 3.60. The van der Waals surface area contributed by atoms with Gasteiger partial charge in [-0.2, -0.15) is 0 Å². The van der Waals surface area contributed by atoms with E-state index in [2.05, 4.69) is 16.3 Å². The van der Waals surface area contributed by atoms with E-state index in [9.17, 15) is 0 Å². The monoisotopic (exact) mass is 274 g/mol. The first-order chi connectivity index (χ1) is 9.20. The topological polar surface area (TPSA) is 35.0 Å². The third-order valence-corrected chi connectivity index (χ3v) is 3.91. The third kappa shape index (κ3) is 2.08. The van der Waals surface area contributed by atoms with E-state index in [4.69, 9.17) is 16.3 Å². The van der Waals surface area contributed by atoms with Gasteiger partial charge in [0, 0.05) is 5.56 Å². The molecule has 1 aromatic heterocycles. The molecule has 0 saturated carbocycles. The molecule has 0 unspecified atom stereocenters. The highest BCUT2D eigenvalue weighted by Gasteiger charge is 2.22. The first-order valence-corrected chi connectivity index (χ1v) is 6.77. The van der Waals surface area contributed by atoms with Gasteiger partial charge in [-0.05, 0) is 55.0 Å². The lowest BCUT2D eigenvalue weighted by Crippen LogP contribution is -1.99. The zero-order valence-corrected chi connectivity index (χ0v) is 11.8. The Morgan fingerprint density at radius 2 is 1.95 bits per heavy atom. The molecule has 0 bridgehead atoms. The van der Waals surface area contributed by atoms with E-state index in [1.807, 2.05) is 19.1 Å². The number of aryl methyl sites for hydroxylation is 1. The number of benzene rings is 1. The summed E-state index contributed by atoms with van der Waals surface area (Å²) in [5, 5.41) is 8.93. The second-order valence-electron chi connectivity index (χ2n) is 4.85. The summed E-state index contributed by atoms with van der Waals surface area (Å²) in [4.78, 5) is 0. The predicted octanol–water partition coefficient (Wildman–Crippen LogP) is 3.60. The molecule has 1 aliphatic rings. The summed E-state index contributed by atoms with van der Waals surface area (Å²) in [6.07, 6.45) is 3.12. The van der Waals surface area contributed by atoms with Crippen LogP contribution in [0.15, 0.2) is 18.2 Å². The van der Waals surface area contributed by atoms with Gasteiger partial charge in [-0.1, -0.05) is 17.7 Å². The molecule has 98 valence electrons. The molecule has 1 aromatic carbocycles. The van der Waals surface area contributed by atoms with E-state index in [-0.39, 0.29) is 0 Å². The van der Waals surface area contributed by atoms with Gasteiger partial charge in [0.1, 0.15) is 11.4 Å². The molecule has 19 heavy (non-hydrogen) atoms. The van der Waals surface area contributed by atoms with Crippen molar-refractivity contribution in [3.05, 3.63) is 40.0 Å². The minimum absolute atomic E-state index is 0.544. The van der Waals surface area contributed by atoms with Gasteiger partial charge < -0.3 is 4.74 Å². The molecule has 0 spiro atoms. The van der Waals surface area contributed by atoms with Crippen LogP contribution in [-0.4, -0.2) is 17.3 Å². The van der Waals surface area contributed by atoms with Crippen LogP contribution in [0, 0.1) is 6.92 Å². The number of rotatable bonds is 2. The summed E-state index contributed by atoms with van der Waals surface area (Å²) < 4.78 is 5.47. The molecule has 3 rings (SSSR count). The number of halogens is 1.